The van der Waals surface area contributed by atoms with Crippen LogP contribution in [0.25, 0.3) is 0 Å². The Labute approximate surface area is 755 Å². The molecule has 0 aromatic heterocycles. The molecular formula is C72H133N6O48P5. The molecule has 29 atom stereocenters. The molecule has 20 N–H and O–H groups in total. The zero-order valence-electron chi connectivity index (χ0n) is 73.4. The van der Waals surface area contributed by atoms with Crippen molar-refractivity contribution >= 4 is 74.6 Å². The highest BCUT2D eigenvalue weighted by atomic mass is 31.2. The highest BCUT2D eigenvalue weighted by Gasteiger charge is 2.51. The van der Waals surface area contributed by atoms with E-state index in [1.54, 1.807) is 13.8 Å². The van der Waals surface area contributed by atoms with Crippen LogP contribution >= 0.6 is 39.1 Å². The quantitative estimate of drug-likeness (QED) is 0.0206. The third-order valence-electron chi connectivity index (χ3n) is 20.5. The van der Waals surface area contributed by atoms with Crippen molar-refractivity contribution in [3.63, 3.8) is 0 Å². The maximum absolute atomic E-state index is 13.5. The summed E-state index contributed by atoms with van der Waals surface area (Å²) in [6.45, 7) is -1.89. The van der Waals surface area contributed by atoms with Crippen molar-refractivity contribution in [2.45, 2.75) is 272 Å². The minimum absolute atomic E-state index is 0.0114. The first kappa shape index (κ1) is 116. The Hall–Kier alpha value is -3.51. The highest BCUT2D eigenvalue weighted by Crippen LogP contribution is 2.53. The Morgan fingerprint density at radius 3 is 0.947 bits per heavy atom. The lowest BCUT2D eigenvalue weighted by atomic mass is 9.89. The van der Waals surface area contributed by atoms with E-state index in [2.05, 4.69) is 31.9 Å². The van der Waals surface area contributed by atoms with Crippen LogP contribution in [0.2, 0.25) is 0 Å². The largest absolute Gasteiger partial charge is 0.472 e. The molecule has 764 valence electrons. The lowest BCUT2D eigenvalue weighted by molar-refractivity contribution is -0.268. The fraction of sp³-hybridized carbons (Fsp3) is 0.917. The third-order valence-corrected chi connectivity index (χ3v) is 25.6. The number of aliphatic hydroxyl groups excluding tert-OH is 9. The van der Waals surface area contributed by atoms with E-state index in [1.807, 2.05) is 0 Å². The number of ether oxygens (including phenoxy) is 13. The molecule has 131 heavy (non-hydrogen) atoms. The minimum atomic E-state index is -5.28. The summed E-state index contributed by atoms with van der Waals surface area (Å²) in [7, 11) is -25.5. The van der Waals surface area contributed by atoms with Gasteiger partial charge in [0.2, 0.25) is 35.4 Å². The maximum Gasteiger partial charge on any atom is 0.472 e. The Morgan fingerprint density at radius 1 is 0.336 bits per heavy atom. The molecule has 0 radical (unpaired) electrons. The second kappa shape index (κ2) is 59.8. The van der Waals surface area contributed by atoms with Gasteiger partial charge in [0.15, 0.2) is 37.7 Å². The summed E-state index contributed by atoms with van der Waals surface area (Å²) in [6, 6.07) is -3.50. The third kappa shape index (κ3) is 43.4. The van der Waals surface area contributed by atoms with Crippen molar-refractivity contribution in [1.29, 1.82) is 0 Å². The summed E-state index contributed by atoms with van der Waals surface area (Å²) in [5.74, 6) is -3.84. The molecule has 6 amide bonds. The molecule has 6 fully saturated rings. The molecule has 8 unspecified atom stereocenters. The van der Waals surface area contributed by atoms with Crippen LogP contribution in [0.3, 0.4) is 0 Å². The smallest absolute Gasteiger partial charge is 0.394 e. The zero-order valence-corrected chi connectivity index (χ0v) is 77.9. The number of carbonyl (C=O) groups is 6. The number of amides is 6. The number of hydrogen-bond acceptors (Lipinski definition) is 43. The second-order valence-corrected chi connectivity index (χ2v) is 38.1. The van der Waals surface area contributed by atoms with E-state index in [0.29, 0.717) is 77.0 Å². The SMILES string of the molecule is CCOCCOP(=O)(O)O[C@@H]1C[C@H](OCCCCCCNC(=O)CO[C@@H]2O[C@H](CO)[C@H](C)[C@H](O)[C@H]2NC(C)=O)OC1COP(=O)(O)OCCOP(=O)(O)OC1C[C@H](OCCCCCCNC(=O)CO[C@@H]2O[C@H](CO)[C@H](O)[C@H](O)[C@H]2NC(C)=O)O[C@@H]1COP(=O)(O)OCCOP(=O)(O)OC1C[C@H](OCCCCCCNC(=O)CO[C@@H]2O[C@H](CO)[C@H](O)[C@H](O)[C@H]2NC(C)=O)O[C@@H]1CO. The number of hydrogen-bond donors (Lipinski definition) is 20. The van der Waals surface area contributed by atoms with Crippen LogP contribution in [0.5, 0.6) is 0 Å². The van der Waals surface area contributed by atoms with Gasteiger partial charge in [0, 0.05) is 92.0 Å². The van der Waals surface area contributed by atoms with Gasteiger partial charge in [-0.25, -0.2) is 22.8 Å². The first-order valence-electron chi connectivity index (χ1n) is 43.0. The average molecular weight is 2010 g/mol. The summed E-state index contributed by atoms with van der Waals surface area (Å²) in [4.78, 5) is 127. The summed E-state index contributed by atoms with van der Waals surface area (Å²) < 4.78 is 191. The molecule has 0 aromatic carbocycles. The predicted octanol–water partition coefficient (Wildman–Crippen LogP) is -3.63. The van der Waals surface area contributed by atoms with Crippen LogP contribution < -0.4 is 31.9 Å². The summed E-state index contributed by atoms with van der Waals surface area (Å²) in [6.07, 6.45) is -20.7. The Balaban J connectivity index is 0.934. The Morgan fingerprint density at radius 2 is 0.626 bits per heavy atom. The molecule has 0 aromatic rings. The second-order valence-electron chi connectivity index (χ2n) is 30.9. The van der Waals surface area contributed by atoms with E-state index in [4.69, 9.17) is 107 Å². The molecule has 0 aliphatic carbocycles. The predicted molar refractivity (Wildman–Crippen MR) is 438 cm³/mol. The fourth-order valence-electron chi connectivity index (χ4n) is 13.9. The first-order valence-corrected chi connectivity index (χ1v) is 50.4. The van der Waals surface area contributed by atoms with Crippen molar-refractivity contribution in [2.24, 2.45) is 5.92 Å². The normalized spacial score (nSPS) is 31.6. The number of nitrogens with one attached hydrogen (secondary N) is 6. The van der Waals surface area contributed by atoms with Crippen LogP contribution in [0.4, 0.5) is 0 Å². The number of phosphoric ester groups is 5. The maximum atomic E-state index is 13.5. The summed E-state index contributed by atoms with van der Waals surface area (Å²) >= 11 is 0. The molecule has 6 heterocycles. The van der Waals surface area contributed by atoms with Crippen LogP contribution in [-0.4, -0.2) is 392 Å². The Bertz CT molecular complexity index is 3630. The molecule has 6 aliphatic rings. The van der Waals surface area contributed by atoms with Gasteiger partial charge in [0.1, 0.15) is 111 Å². The van der Waals surface area contributed by atoms with E-state index in [9.17, 15) is 122 Å². The highest BCUT2D eigenvalue weighted by molar-refractivity contribution is 7.48. The van der Waals surface area contributed by atoms with Crippen molar-refractivity contribution in [3.8, 4) is 0 Å². The van der Waals surface area contributed by atoms with Gasteiger partial charge in [-0.05, 0) is 45.4 Å². The molecule has 59 heteroatoms. The molecule has 54 nitrogen and oxygen atoms in total. The van der Waals surface area contributed by atoms with Crippen LogP contribution in [0, 0.1) is 5.92 Å². The lowest BCUT2D eigenvalue weighted by Crippen LogP contribution is -2.64. The number of rotatable bonds is 67. The van der Waals surface area contributed by atoms with Crippen LogP contribution in [0.1, 0.15) is 131 Å². The molecule has 0 spiro atoms. The van der Waals surface area contributed by atoms with Crippen molar-refractivity contribution in [3.05, 3.63) is 0 Å². The molecule has 6 rings (SSSR count). The monoisotopic (exact) mass is 2000 g/mol. The topological polar surface area (TPSA) is 755 Å². The van der Waals surface area contributed by atoms with Gasteiger partial charge < -0.3 is 164 Å². The number of aliphatic hydroxyl groups is 9. The Kier molecular flexibility index (Phi) is 53.1. The van der Waals surface area contributed by atoms with Gasteiger partial charge in [-0.1, -0.05) is 45.4 Å². The van der Waals surface area contributed by atoms with Gasteiger partial charge in [-0.15, -0.1) is 0 Å². The van der Waals surface area contributed by atoms with Gasteiger partial charge in [0.05, 0.1) is 91.5 Å². The molecule has 0 bridgehead atoms. The van der Waals surface area contributed by atoms with E-state index < -0.39 is 308 Å². The number of carbonyl (C=O) groups excluding carboxylic acids is 6. The lowest BCUT2D eigenvalue weighted by Gasteiger charge is -2.43. The van der Waals surface area contributed by atoms with Crippen molar-refractivity contribution in [2.75, 3.05) is 145 Å². The van der Waals surface area contributed by atoms with E-state index in [-0.39, 0.29) is 78.5 Å². The van der Waals surface area contributed by atoms with Gasteiger partial charge in [-0.2, -0.15) is 0 Å². The van der Waals surface area contributed by atoms with Gasteiger partial charge in [0.25, 0.3) is 0 Å². The van der Waals surface area contributed by atoms with Crippen molar-refractivity contribution in [1.82, 2.24) is 31.9 Å². The average Bonchev–Trinajstić information content (AvgIpc) is 1.71. The van der Waals surface area contributed by atoms with Crippen LogP contribution in [0.15, 0.2) is 0 Å². The van der Waals surface area contributed by atoms with Gasteiger partial charge in [-0.3, -0.25) is 74.0 Å². The first-order chi connectivity index (χ1) is 62.1. The molecular weight excluding hydrogens is 1870 g/mol. The van der Waals surface area contributed by atoms with E-state index in [0.717, 1.165) is 6.92 Å². The van der Waals surface area contributed by atoms with Gasteiger partial charge >= 0.3 is 39.1 Å². The molecule has 6 saturated heterocycles. The van der Waals surface area contributed by atoms with E-state index in [1.165, 1.54) is 13.8 Å². The number of phosphoric acid groups is 5. The molecule has 0 saturated carbocycles. The van der Waals surface area contributed by atoms with Crippen molar-refractivity contribution < 1.29 is 229 Å². The number of unbranched alkanes of at least 4 members (excludes halogenated alkanes) is 9. The summed E-state index contributed by atoms with van der Waals surface area (Å²) in [5, 5.41) is 106. The van der Waals surface area contributed by atoms with Crippen LogP contribution in [-0.2, 0) is 158 Å². The fourth-order valence-corrected chi connectivity index (χ4v) is 18.1. The van der Waals surface area contributed by atoms with E-state index >= 15 is 0 Å². The standard InChI is InChI=1S/C72H133N6O48P5/c1-6-104-25-26-113-129(98,99)125-48-32-60(106-23-17-11-8-14-19-73-56(86)40-108-70-62(76-44(3)83)65(89)43(2)50(34-79)121-70)119-54(48)38-116-128(96,97)112-28-30-115-131(102,103)126-49-33-61(107-24-18-12-9-15-21-75-58(88)42-110-72-64(78-46(5)85)69(93)67(91)53(37-82)123-72)120-55(49)39-117-127(94,95)111-27-29-114-130(100,101)124-47-31-59(118-51(47)35-80)105-22-16-10-7-13-20-74-57(87)41-109-71-63(77-45(4)84)68(92)66(90)52(36-81)122-71/h43,47-55,59-72,79-82,89-93H,6-42H2,1-5H3,(H,73,86)(H,74,87)(H,75,88)(H,76,83)(H,77,84)(H,78,85)(H,94,95)(H,96,97)(H,98,99)(H,100,101)(H,102,103)/t43-,47?,48+,49?,50+,51+,52+,53+,54?,55+,59+,60+,61+,62+,63+,64+,65-,66-,67-,68+,69+,70+,71+,72+/m0/s1. The summed E-state index contributed by atoms with van der Waals surface area (Å²) in [5.41, 5.74) is 0. The molecule has 6 aliphatic heterocycles. The minimum Gasteiger partial charge on any atom is -0.394 e. The zero-order chi connectivity index (χ0) is 96.5.